The van der Waals surface area contributed by atoms with Crippen molar-refractivity contribution in [2.75, 3.05) is 41.0 Å². The van der Waals surface area contributed by atoms with Gasteiger partial charge in [0.1, 0.15) is 5.54 Å². The molecule has 1 aliphatic heterocycles. The molecule has 0 bridgehead atoms. The lowest BCUT2D eigenvalue weighted by Crippen LogP contribution is -2.57. The van der Waals surface area contributed by atoms with Crippen molar-refractivity contribution in [1.82, 2.24) is 20.4 Å². The van der Waals surface area contributed by atoms with E-state index in [1.54, 1.807) is 32.7 Å². The van der Waals surface area contributed by atoms with E-state index >= 15 is 0 Å². The van der Waals surface area contributed by atoms with Crippen molar-refractivity contribution in [3.05, 3.63) is 0 Å². The minimum absolute atomic E-state index is 0.0140. The first-order chi connectivity index (χ1) is 22.2. The number of likely N-dealkylation sites (tertiary alicyclic amines) is 1. The molecular weight excluding hydrogens is 620 g/mol. The molecule has 6 N–H and O–H groups in total. The predicted molar refractivity (Wildman–Crippen MR) is 183 cm³/mol. The Labute approximate surface area is 287 Å². The van der Waals surface area contributed by atoms with E-state index in [4.69, 9.17) is 25.7 Å². The van der Waals surface area contributed by atoms with Gasteiger partial charge < -0.3 is 46.1 Å². The standard InChI is InChI=1S/C34H64N6O8/c1-12-21(2)29(25(46-10)18-27(42)40-17-13-14-24(40)30(47-11)23(4)31(35)44)39(9)28(43)19-37-32(45)34(7,8)38-26(41)16-15-22(3)48-20-33(5,6)36/h21-25,29-30H,12-20,36H2,1-11H3,(H2,35,44)(H,37,45)(H,38,41). The van der Waals surface area contributed by atoms with Crippen LogP contribution in [0.2, 0.25) is 0 Å². The molecule has 0 spiro atoms. The summed E-state index contributed by atoms with van der Waals surface area (Å²) >= 11 is 0. The minimum atomic E-state index is -1.27. The number of hydrogen-bond acceptors (Lipinski definition) is 9. The number of hydrogen-bond donors (Lipinski definition) is 4. The van der Waals surface area contributed by atoms with Crippen molar-refractivity contribution >= 4 is 29.5 Å². The molecule has 278 valence electrons. The van der Waals surface area contributed by atoms with Crippen molar-refractivity contribution < 1.29 is 38.2 Å². The van der Waals surface area contributed by atoms with E-state index < -0.39 is 47.1 Å². The first-order valence-electron chi connectivity index (χ1n) is 17.1. The van der Waals surface area contributed by atoms with Gasteiger partial charge in [0.05, 0.1) is 55.9 Å². The maximum Gasteiger partial charge on any atom is 0.245 e. The largest absolute Gasteiger partial charge is 0.379 e. The van der Waals surface area contributed by atoms with Crippen LogP contribution < -0.4 is 22.1 Å². The third-order valence-corrected chi connectivity index (χ3v) is 9.28. The number of nitrogens with zero attached hydrogens (tertiary/aromatic N) is 2. The highest BCUT2D eigenvalue weighted by Gasteiger charge is 2.41. The van der Waals surface area contributed by atoms with Gasteiger partial charge in [-0.1, -0.05) is 27.2 Å². The second-order valence-corrected chi connectivity index (χ2v) is 14.6. The van der Waals surface area contributed by atoms with Crippen molar-refractivity contribution in [1.29, 1.82) is 0 Å². The number of primary amides is 1. The molecule has 5 amide bonds. The number of likely N-dealkylation sites (N-methyl/N-ethyl adjacent to an activating group) is 1. The summed E-state index contributed by atoms with van der Waals surface area (Å²) in [5, 5.41) is 5.40. The van der Waals surface area contributed by atoms with Gasteiger partial charge in [-0.05, 0) is 59.8 Å². The first-order valence-corrected chi connectivity index (χ1v) is 17.1. The van der Waals surface area contributed by atoms with Gasteiger partial charge >= 0.3 is 0 Å². The SMILES string of the molecule is CCC(C)C(C(CC(=O)N1CCCC1C(OC)C(C)C(N)=O)OC)N(C)C(=O)CNC(=O)C(C)(C)NC(=O)CCC(C)OCC(C)(C)N. The zero-order valence-electron chi connectivity index (χ0n) is 31.2. The fourth-order valence-corrected chi connectivity index (χ4v) is 6.08. The van der Waals surface area contributed by atoms with Crippen LogP contribution in [0.15, 0.2) is 0 Å². The second-order valence-electron chi connectivity index (χ2n) is 14.6. The number of nitrogens with two attached hydrogens (primary N) is 2. The number of rotatable bonds is 21. The van der Waals surface area contributed by atoms with Gasteiger partial charge in [0.25, 0.3) is 0 Å². The van der Waals surface area contributed by atoms with Gasteiger partial charge in [0, 0.05) is 39.8 Å². The number of methoxy groups -OCH3 is 2. The third-order valence-electron chi connectivity index (χ3n) is 9.28. The van der Waals surface area contributed by atoms with Crippen molar-refractivity contribution in [2.24, 2.45) is 23.3 Å². The number of amides is 5. The molecule has 0 radical (unpaired) electrons. The van der Waals surface area contributed by atoms with E-state index in [-0.39, 0.29) is 55.2 Å². The average Bonchev–Trinajstić information content (AvgIpc) is 3.50. The molecule has 0 saturated carbocycles. The minimum Gasteiger partial charge on any atom is -0.379 e. The second kappa shape index (κ2) is 19.4. The molecule has 0 aromatic heterocycles. The molecule has 1 fully saturated rings. The summed E-state index contributed by atoms with van der Waals surface area (Å²) in [6.07, 6.45) is 1.45. The van der Waals surface area contributed by atoms with Gasteiger partial charge in [-0.25, -0.2) is 0 Å². The van der Waals surface area contributed by atoms with Gasteiger partial charge in [-0.2, -0.15) is 0 Å². The molecule has 48 heavy (non-hydrogen) atoms. The zero-order valence-corrected chi connectivity index (χ0v) is 31.2. The maximum absolute atomic E-state index is 13.7. The Morgan fingerprint density at radius 3 is 2.19 bits per heavy atom. The molecule has 0 aliphatic carbocycles. The Bertz CT molecular complexity index is 1080. The van der Waals surface area contributed by atoms with Crippen molar-refractivity contribution in [3.63, 3.8) is 0 Å². The molecular formula is C34H64N6O8. The van der Waals surface area contributed by atoms with E-state index in [1.807, 2.05) is 34.6 Å². The van der Waals surface area contributed by atoms with Gasteiger partial charge in [0.2, 0.25) is 29.5 Å². The van der Waals surface area contributed by atoms with Crippen LogP contribution in [0.1, 0.15) is 93.9 Å². The summed E-state index contributed by atoms with van der Waals surface area (Å²) in [7, 11) is 4.66. The van der Waals surface area contributed by atoms with Crippen LogP contribution in [0.5, 0.6) is 0 Å². The summed E-state index contributed by atoms with van der Waals surface area (Å²) in [4.78, 5) is 68.0. The fourth-order valence-electron chi connectivity index (χ4n) is 6.08. The predicted octanol–water partition coefficient (Wildman–Crippen LogP) is 1.33. The molecule has 1 heterocycles. The summed E-state index contributed by atoms with van der Waals surface area (Å²) in [6.45, 7) is 15.0. The lowest BCUT2D eigenvalue weighted by atomic mass is 9.90. The molecule has 1 saturated heterocycles. The topological polar surface area (TPSA) is 196 Å². The molecule has 7 unspecified atom stereocenters. The normalized spacial score (nSPS) is 19.1. The van der Waals surface area contributed by atoms with Crippen LogP contribution >= 0.6 is 0 Å². The van der Waals surface area contributed by atoms with Crippen LogP contribution in [0, 0.1) is 11.8 Å². The Kier molecular flexibility index (Phi) is 17.5. The Morgan fingerprint density at radius 1 is 1.04 bits per heavy atom. The van der Waals surface area contributed by atoms with Crippen LogP contribution in [-0.2, 0) is 38.2 Å². The smallest absolute Gasteiger partial charge is 0.245 e. The molecule has 14 nitrogen and oxygen atoms in total. The van der Waals surface area contributed by atoms with Crippen molar-refractivity contribution in [2.45, 2.75) is 135 Å². The number of ether oxygens (including phenoxy) is 3. The summed E-state index contributed by atoms with van der Waals surface area (Å²) in [5.41, 5.74) is 9.76. The van der Waals surface area contributed by atoms with Crippen LogP contribution in [-0.4, -0.2) is 122 Å². The number of nitrogens with one attached hydrogen (secondary N) is 2. The highest BCUT2D eigenvalue weighted by atomic mass is 16.5. The van der Waals surface area contributed by atoms with E-state index in [9.17, 15) is 24.0 Å². The van der Waals surface area contributed by atoms with Gasteiger partial charge in [-0.15, -0.1) is 0 Å². The Balaban J connectivity index is 2.88. The number of carbonyl (C=O) groups is 5. The quantitative estimate of drug-likeness (QED) is 0.138. The van der Waals surface area contributed by atoms with E-state index in [2.05, 4.69) is 10.6 Å². The summed E-state index contributed by atoms with van der Waals surface area (Å²) < 4.78 is 17.2. The van der Waals surface area contributed by atoms with Crippen molar-refractivity contribution in [3.8, 4) is 0 Å². The zero-order chi connectivity index (χ0) is 37.0. The lowest BCUT2D eigenvalue weighted by molar-refractivity contribution is -0.145. The van der Waals surface area contributed by atoms with Gasteiger partial charge in [0.15, 0.2) is 0 Å². The maximum atomic E-state index is 13.7. The lowest BCUT2D eigenvalue weighted by Gasteiger charge is -2.39. The fraction of sp³-hybridized carbons (Fsp3) is 0.853. The number of carbonyl (C=O) groups excluding carboxylic acids is 5. The third kappa shape index (κ3) is 13.2. The Morgan fingerprint density at radius 2 is 1.67 bits per heavy atom. The molecule has 14 heteroatoms. The first kappa shape index (κ1) is 43.2. The monoisotopic (exact) mass is 684 g/mol. The summed E-state index contributed by atoms with van der Waals surface area (Å²) in [6, 6.07) is -0.776. The van der Waals surface area contributed by atoms with E-state index in [1.165, 1.54) is 19.1 Å². The molecule has 7 atom stereocenters. The Hall–Kier alpha value is -2.81. The highest BCUT2D eigenvalue weighted by Crippen LogP contribution is 2.29. The summed E-state index contributed by atoms with van der Waals surface area (Å²) in [5.74, 6) is -2.46. The molecule has 0 aromatic rings. The van der Waals surface area contributed by atoms with Crippen LogP contribution in [0.3, 0.4) is 0 Å². The van der Waals surface area contributed by atoms with Crippen LogP contribution in [0.4, 0.5) is 0 Å². The van der Waals surface area contributed by atoms with Gasteiger partial charge in [-0.3, -0.25) is 24.0 Å². The molecule has 0 aromatic carbocycles. The van der Waals surface area contributed by atoms with Crippen LogP contribution in [0.25, 0.3) is 0 Å². The highest BCUT2D eigenvalue weighted by molar-refractivity contribution is 5.93. The molecule has 1 rings (SSSR count). The van der Waals surface area contributed by atoms with E-state index in [0.29, 0.717) is 32.4 Å². The molecule has 1 aliphatic rings. The van der Waals surface area contributed by atoms with E-state index in [0.717, 1.165) is 6.42 Å². The average molecular weight is 685 g/mol.